The van der Waals surface area contributed by atoms with E-state index in [1.807, 2.05) is 18.3 Å². The van der Waals surface area contributed by atoms with Crippen LogP contribution in [0.25, 0.3) is 10.9 Å². The lowest BCUT2D eigenvalue weighted by atomic mass is 9.73. The summed E-state index contributed by atoms with van der Waals surface area (Å²) in [6, 6.07) is 7.68. The van der Waals surface area contributed by atoms with Gasteiger partial charge in [-0.15, -0.1) is 31.4 Å². The van der Waals surface area contributed by atoms with Crippen LogP contribution in [0.2, 0.25) is 0 Å². The summed E-state index contributed by atoms with van der Waals surface area (Å²) < 4.78 is 12.3. The Morgan fingerprint density at radius 1 is 1.32 bits per heavy atom. The van der Waals surface area contributed by atoms with Gasteiger partial charge >= 0.3 is 0 Å². The number of methoxy groups -OCH3 is 1. The topological polar surface area (TPSA) is 54.8 Å². The third-order valence-electron chi connectivity index (χ3n) is 6.65. The second kappa shape index (κ2) is 11.5. The van der Waals surface area contributed by atoms with Crippen LogP contribution in [-0.4, -0.2) is 47.5 Å². The highest BCUT2D eigenvalue weighted by molar-refractivity contribution is 5.85. The summed E-state index contributed by atoms with van der Waals surface area (Å²) in [5, 5.41) is 11.1. The summed E-state index contributed by atoms with van der Waals surface area (Å²) in [5.41, 5.74) is 1.95. The van der Waals surface area contributed by atoms with Crippen molar-refractivity contribution in [2.75, 3.05) is 20.2 Å². The molecule has 0 spiro atoms. The van der Waals surface area contributed by atoms with Gasteiger partial charge in [-0.05, 0) is 67.5 Å². The van der Waals surface area contributed by atoms with Crippen molar-refractivity contribution in [3.8, 4) is 5.75 Å². The summed E-state index contributed by atoms with van der Waals surface area (Å²) in [5.74, 6) is 1.47. The number of benzene rings is 1. The van der Waals surface area contributed by atoms with E-state index in [0.29, 0.717) is 11.8 Å². The van der Waals surface area contributed by atoms with E-state index in [0.717, 1.165) is 48.8 Å². The first kappa shape index (κ1) is 25.9. The maximum atomic E-state index is 10.1. The van der Waals surface area contributed by atoms with E-state index in [9.17, 15) is 5.11 Å². The standard InChI is InChI=1S/C24H32N2O3.2ClH/c1-4-6-23(28-3)29-24(22-13-17-10-12-26(22)15-16(17)5-2)19-9-11-25-21-8-7-18(27)14-20(19)21;;/h5,7-9,11,14,16-17,22-24,27H,2,4,6,10,12-13,15H2,1,3H3;2*1H. The van der Waals surface area contributed by atoms with Gasteiger partial charge in [0.25, 0.3) is 0 Å². The van der Waals surface area contributed by atoms with E-state index in [1.165, 1.54) is 6.42 Å². The summed E-state index contributed by atoms with van der Waals surface area (Å²) in [4.78, 5) is 7.05. The molecule has 1 N–H and O–H groups in total. The fourth-order valence-corrected chi connectivity index (χ4v) is 5.11. The minimum atomic E-state index is -0.248. The Morgan fingerprint density at radius 3 is 2.77 bits per heavy atom. The average Bonchev–Trinajstić information content (AvgIpc) is 2.76. The predicted octanol–water partition coefficient (Wildman–Crippen LogP) is 5.51. The van der Waals surface area contributed by atoms with Crippen molar-refractivity contribution in [2.45, 2.75) is 51.0 Å². The van der Waals surface area contributed by atoms with E-state index in [1.54, 1.807) is 19.2 Å². The molecule has 3 saturated heterocycles. The van der Waals surface area contributed by atoms with Gasteiger partial charge in [-0.3, -0.25) is 9.88 Å². The van der Waals surface area contributed by atoms with Crippen LogP contribution in [0.15, 0.2) is 43.1 Å². The van der Waals surface area contributed by atoms with Crippen molar-refractivity contribution in [3.63, 3.8) is 0 Å². The molecule has 3 aliphatic heterocycles. The highest BCUT2D eigenvalue weighted by atomic mass is 35.5. The van der Waals surface area contributed by atoms with Crippen LogP contribution in [0.1, 0.15) is 44.3 Å². The zero-order chi connectivity index (χ0) is 20.4. The third-order valence-corrected chi connectivity index (χ3v) is 6.65. The van der Waals surface area contributed by atoms with Crippen LogP contribution < -0.4 is 0 Å². The highest BCUT2D eigenvalue weighted by Crippen LogP contribution is 2.44. The van der Waals surface area contributed by atoms with E-state index in [4.69, 9.17) is 9.47 Å². The lowest BCUT2D eigenvalue weighted by molar-refractivity contribution is -0.188. The molecule has 31 heavy (non-hydrogen) atoms. The van der Waals surface area contributed by atoms with Crippen LogP contribution in [0.5, 0.6) is 5.75 Å². The number of hydrogen-bond acceptors (Lipinski definition) is 5. The molecule has 2 aromatic rings. The molecule has 1 aromatic heterocycles. The van der Waals surface area contributed by atoms with Crippen molar-refractivity contribution in [1.82, 2.24) is 9.88 Å². The molecule has 1 aromatic carbocycles. The van der Waals surface area contributed by atoms with Gasteiger partial charge in [0.05, 0.1) is 5.52 Å². The fourth-order valence-electron chi connectivity index (χ4n) is 5.11. The molecule has 2 bridgehead atoms. The molecule has 3 aliphatic rings. The number of hydrogen-bond donors (Lipinski definition) is 1. The van der Waals surface area contributed by atoms with Gasteiger partial charge < -0.3 is 14.6 Å². The first-order valence-electron chi connectivity index (χ1n) is 10.8. The second-order valence-electron chi connectivity index (χ2n) is 8.36. The number of fused-ring (bicyclic) bond motifs is 4. The van der Waals surface area contributed by atoms with Crippen molar-refractivity contribution < 1.29 is 14.6 Å². The fraction of sp³-hybridized carbons (Fsp3) is 0.542. The molecular weight excluding hydrogens is 435 g/mol. The number of nitrogens with zero attached hydrogens (tertiary/aromatic N) is 2. The van der Waals surface area contributed by atoms with Gasteiger partial charge in [-0.2, -0.15) is 0 Å². The second-order valence-corrected chi connectivity index (χ2v) is 8.36. The maximum absolute atomic E-state index is 10.1. The van der Waals surface area contributed by atoms with Crippen molar-refractivity contribution >= 4 is 35.7 Å². The number of ether oxygens (including phenoxy) is 2. The SMILES string of the molecule is C=CC1CN2CCC1CC2C(OC(CCC)OC)c1ccnc2ccc(O)cc12.Cl.Cl. The number of piperidine rings is 3. The highest BCUT2D eigenvalue weighted by Gasteiger charge is 2.43. The molecule has 0 radical (unpaired) electrons. The number of rotatable bonds is 8. The number of phenols is 1. The van der Waals surface area contributed by atoms with Crippen LogP contribution in [0, 0.1) is 11.8 Å². The van der Waals surface area contributed by atoms with Crippen molar-refractivity contribution in [1.29, 1.82) is 0 Å². The van der Waals surface area contributed by atoms with Gasteiger partial charge in [-0.1, -0.05) is 19.4 Å². The monoisotopic (exact) mass is 468 g/mol. The van der Waals surface area contributed by atoms with E-state index in [-0.39, 0.29) is 49.0 Å². The Kier molecular flexibility index (Phi) is 9.59. The van der Waals surface area contributed by atoms with Gasteiger partial charge in [0, 0.05) is 31.3 Å². The molecule has 5 rings (SSSR count). The molecule has 7 heteroatoms. The lowest BCUT2D eigenvalue weighted by Crippen LogP contribution is -2.55. The van der Waals surface area contributed by atoms with Crippen LogP contribution in [0.4, 0.5) is 0 Å². The van der Waals surface area contributed by atoms with Gasteiger partial charge in [0.2, 0.25) is 0 Å². The molecule has 0 aliphatic carbocycles. The molecule has 4 heterocycles. The molecule has 172 valence electrons. The maximum Gasteiger partial charge on any atom is 0.158 e. The molecule has 0 amide bonds. The Bertz CT molecular complexity index is 866. The quantitative estimate of drug-likeness (QED) is 0.408. The zero-order valence-corrected chi connectivity index (χ0v) is 19.9. The Morgan fingerprint density at radius 2 is 2.13 bits per heavy atom. The summed E-state index contributed by atoms with van der Waals surface area (Å²) in [7, 11) is 1.72. The Balaban J connectivity index is 0.00000171. The molecule has 6 atom stereocenters. The first-order chi connectivity index (χ1) is 14.1. The van der Waals surface area contributed by atoms with E-state index < -0.39 is 0 Å². The summed E-state index contributed by atoms with van der Waals surface area (Å²) >= 11 is 0. The first-order valence-corrected chi connectivity index (χ1v) is 10.8. The minimum absolute atomic E-state index is 0. The number of pyridine rings is 1. The third kappa shape index (κ3) is 5.35. The largest absolute Gasteiger partial charge is 0.508 e. The molecular formula is C24H34Cl2N2O3. The van der Waals surface area contributed by atoms with Gasteiger partial charge in [0.1, 0.15) is 11.9 Å². The zero-order valence-electron chi connectivity index (χ0n) is 18.3. The van der Waals surface area contributed by atoms with Gasteiger partial charge in [0.15, 0.2) is 6.29 Å². The number of aromatic nitrogens is 1. The number of phenolic OH excluding ortho intramolecular Hbond substituents is 1. The summed E-state index contributed by atoms with van der Waals surface area (Å²) in [6.45, 7) is 8.33. The molecule has 5 nitrogen and oxygen atoms in total. The van der Waals surface area contributed by atoms with Crippen molar-refractivity contribution in [3.05, 3.63) is 48.7 Å². The van der Waals surface area contributed by atoms with E-state index in [2.05, 4.69) is 29.5 Å². The summed E-state index contributed by atoms with van der Waals surface area (Å²) in [6.07, 6.45) is 7.75. The number of halogens is 2. The van der Waals surface area contributed by atoms with Crippen molar-refractivity contribution in [2.24, 2.45) is 11.8 Å². The smallest absolute Gasteiger partial charge is 0.158 e. The molecule has 6 unspecified atom stereocenters. The minimum Gasteiger partial charge on any atom is -0.508 e. The van der Waals surface area contributed by atoms with Crippen LogP contribution in [0.3, 0.4) is 0 Å². The Hall–Kier alpha value is -1.37. The molecule has 0 saturated carbocycles. The number of aromatic hydroxyl groups is 1. The molecule has 3 fully saturated rings. The lowest BCUT2D eigenvalue weighted by Gasteiger charge is -2.51. The normalized spacial score (nSPS) is 26.5. The Labute approximate surface area is 197 Å². The van der Waals surface area contributed by atoms with E-state index >= 15 is 0 Å². The van der Waals surface area contributed by atoms with Gasteiger partial charge in [-0.25, -0.2) is 0 Å². The van der Waals surface area contributed by atoms with Crippen LogP contribution >= 0.6 is 24.8 Å². The predicted molar refractivity (Wildman–Crippen MR) is 129 cm³/mol. The average molecular weight is 469 g/mol. The van der Waals surface area contributed by atoms with Crippen LogP contribution in [-0.2, 0) is 9.47 Å².